The van der Waals surface area contributed by atoms with Crippen molar-refractivity contribution in [1.29, 1.82) is 0 Å². The molecular weight excluding hydrogens is 205 g/mol. The molecule has 62 valence electrons. The molecule has 0 spiro atoms. The van der Waals surface area contributed by atoms with Crippen LogP contribution in [0.15, 0.2) is 17.3 Å². The van der Waals surface area contributed by atoms with Crippen molar-refractivity contribution in [1.82, 2.24) is 0 Å². The second-order valence-electron chi connectivity index (χ2n) is 2.27. The Labute approximate surface area is 73.7 Å². The van der Waals surface area contributed by atoms with E-state index in [0.717, 1.165) is 10.1 Å². The predicted octanol–water partition coefficient (Wildman–Crippen LogP) is 2.80. The number of allylic oxidation sites excluding steroid dienone is 1. The topological polar surface area (TPSA) is 48.8 Å². The van der Waals surface area contributed by atoms with E-state index in [1.165, 1.54) is 0 Å². The van der Waals surface area contributed by atoms with E-state index in [1.807, 2.05) is 6.08 Å². The van der Waals surface area contributed by atoms with E-state index in [-0.39, 0.29) is 0 Å². The SMILES string of the molecule is CC(C)[Se]C/C=C/CN=[N+]=[N-]. The van der Waals surface area contributed by atoms with Crippen molar-refractivity contribution in [3.8, 4) is 0 Å². The Kier molecular flexibility index (Phi) is 7.37. The van der Waals surface area contributed by atoms with Gasteiger partial charge in [0.05, 0.1) is 0 Å². The first-order valence-corrected chi connectivity index (χ1v) is 5.75. The van der Waals surface area contributed by atoms with Crippen LogP contribution in [0, 0.1) is 0 Å². The van der Waals surface area contributed by atoms with Gasteiger partial charge in [0.25, 0.3) is 0 Å². The van der Waals surface area contributed by atoms with Gasteiger partial charge in [0.1, 0.15) is 0 Å². The average molecular weight is 218 g/mol. The summed E-state index contributed by atoms with van der Waals surface area (Å²) in [5, 5.41) is 4.53. The summed E-state index contributed by atoms with van der Waals surface area (Å²) in [7, 11) is 0. The van der Waals surface area contributed by atoms with E-state index in [0.29, 0.717) is 21.5 Å². The molecule has 0 aliphatic rings. The summed E-state index contributed by atoms with van der Waals surface area (Å²) in [6.45, 7) is 4.94. The molecule has 0 saturated carbocycles. The van der Waals surface area contributed by atoms with Crippen LogP contribution in [0.1, 0.15) is 13.8 Å². The van der Waals surface area contributed by atoms with Crippen molar-refractivity contribution in [3.63, 3.8) is 0 Å². The van der Waals surface area contributed by atoms with Gasteiger partial charge in [-0.3, -0.25) is 0 Å². The van der Waals surface area contributed by atoms with Gasteiger partial charge in [0.2, 0.25) is 0 Å². The molecule has 0 unspecified atom stereocenters. The second-order valence-corrected chi connectivity index (χ2v) is 5.64. The standard InChI is InChI=1S/C7H13N3Se/c1-7(2)11-6-4-3-5-9-10-8/h3-4,7H,5-6H2,1-2H3/b4-3+. The maximum atomic E-state index is 7.94. The molecule has 0 aromatic heterocycles. The first-order valence-electron chi connectivity index (χ1n) is 3.55. The van der Waals surface area contributed by atoms with Gasteiger partial charge in [0, 0.05) is 0 Å². The van der Waals surface area contributed by atoms with Crippen LogP contribution < -0.4 is 0 Å². The Morgan fingerprint density at radius 2 is 2.27 bits per heavy atom. The van der Waals surface area contributed by atoms with E-state index >= 15 is 0 Å². The van der Waals surface area contributed by atoms with Gasteiger partial charge in [-0.05, 0) is 0 Å². The third-order valence-electron chi connectivity index (χ3n) is 0.943. The molecule has 0 bridgehead atoms. The number of azide groups is 1. The molecule has 0 amide bonds. The maximum absolute atomic E-state index is 7.94. The van der Waals surface area contributed by atoms with Gasteiger partial charge >= 0.3 is 73.2 Å². The molecule has 11 heavy (non-hydrogen) atoms. The first-order chi connectivity index (χ1) is 5.27. The Morgan fingerprint density at radius 1 is 1.55 bits per heavy atom. The molecule has 0 atom stereocenters. The van der Waals surface area contributed by atoms with Gasteiger partial charge in [-0.15, -0.1) is 0 Å². The van der Waals surface area contributed by atoms with E-state index in [1.54, 1.807) is 0 Å². The van der Waals surface area contributed by atoms with Crippen LogP contribution in [0.5, 0.6) is 0 Å². The molecule has 0 aliphatic heterocycles. The molecule has 0 N–H and O–H groups in total. The molecule has 0 aromatic carbocycles. The molecule has 0 saturated heterocycles. The minimum atomic E-state index is 0.491. The van der Waals surface area contributed by atoms with Crippen LogP contribution >= 0.6 is 0 Å². The average Bonchev–Trinajstić information content (AvgIpc) is 1.96. The molecule has 0 radical (unpaired) electrons. The van der Waals surface area contributed by atoms with Crippen molar-refractivity contribution in [2.45, 2.75) is 24.0 Å². The van der Waals surface area contributed by atoms with Crippen LogP contribution in [-0.2, 0) is 0 Å². The summed E-state index contributed by atoms with van der Waals surface area (Å²) in [6.07, 6.45) is 4.01. The number of hydrogen-bond donors (Lipinski definition) is 0. The fourth-order valence-corrected chi connectivity index (χ4v) is 1.80. The Balaban J connectivity index is 3.23. The molecule has 0 heterocycles. The van der Waals surface area contributed by atoms with Gasteiger partial charge in [-0.2, -0.15) is 0 Å². The van der Waals surface area contributed by atoms with Crippen molar-refractivity contribution in [3.05, 3.63) is 22.6 Å². The van der Waals surface area contributed by atoms with Crippen LogP contribution in [0.25, 0.3) is 10.4 Å². The monoisotopic (exact) mass is 219 g/mol. The zero-order valence-electron chi connectivity index (χ0n) is 6.90. The van der Waals surface area contributed by atoms with Crippen molar-refractivity contribution in [2.75, 3.05) is 6.54 Å². The summed E-state index contributed by atoms with van der Waals surface area (Å²) in [5.74, 6) is 0. The Hall–Kier alpha value is -0.431. The third-order valence-corrected chi connectivity index (χ3v) is 3.15. The second kappa shape index (κ2) is 7.67. The molecule has 0 aliphatic carbocycles. The normalized spacial score (nSPS) is 10.5. The summed E-state index contributed by atoms with van der Waals surface area (Å²) in [4.78, 5) is 3.46. The summed E-state index contributed by atoms with van der Waals surface area (Å²) < 4.78 is 0. The fourth-order valence-electron chi connectivity index (χ4n) is 0.474. The summed E-state index contributed by atoms with van der Waals surface area (Å²) in [6, 6.07) is 0. The molecule has 0 aromatic rings. The van der Waals surface area contributed by atoms with Gasteiger partial charge in [0.15, 0.2) is 0 Å². The van der Waals surface area contributed by atoms with Gasteiger partial charge < -0.3 is 0 Å². The number of hydrogen-bond acceptors (Lipinski definition) is 1. The van der Waals surface area contributed by atoms with E-state index < -0.39 is 0 Å². The minimum absolute atomic E-state index is 0.491. The first kappa shape index (κ1) is 10.6. The van der Waals surface area contributed by atoms with Crippen LogP contribution in [-0.4, -0.2) is 21.5 Å². The fraction of sp³-hybridized carbons (Fsp3) is 0.714. The van der Waals surface area contributed by atoms with Gasteiger partial charge in [-0.25, -0.2) is 0 Å². The third kappa shape index (κ3) is 9.57. The zero-order chi connectivity index (χ0) is 8.53. The van der Waals surface area contributed by atoms with Crippen molar-refractivity contribution >= 4 is 15.0 Å². The van der Waals surface area contributed by atoms with Crippen molar-refractivity contribution in [2.24, 2.45) is 5.11 Å². The van der Waals surface area contributed by atoms with E-state index in [4.69, 9.17) is 5.53 Å². The molecule has 0 fully saturated rings. The molecule has 0 rings (SSSR count). The number of rotatable bonds is 5. The van der Waals surface area contributed by atoms with Gasteiger partial charge in [-0.1, -0.05) is 0 Å². The summed E-state index contributed by atoms with van der Waals surface area (Å²) >= 11 is 0.701. The van der Waals surface area contributed by atoms with Crippen LogP contribution in [0.3, 0.4) is 0 Å². The predicted molar refractivity (Wildman–Crippen MR) is 48.8 cm³/mol. The van der Waals surface area contributed by atoms with E-state index in [9.17, 15) is 0 Å². The van der Waals surface area contributed by atoms with Crippen LogP contribution in [0.2, 0.25) is 10.1 Å². The molecule has 3 nitrogen and oxygen atoms in total. The number of nitrogens with zero attached hydrogens (tertiary/aromatic N) is 3. The van der Waals surface area contributed by atoms with Crippen LogP contribution in [0.4, 0.5) is 0 Å². The Bertz CT molecular complexity index is 159. The Morgan fingerprint density at radius 3 is 2.82 bits per heavy atom. The zero-order valence-corrected chi connectivity index (χ0v) is 8.61. The van der Waals surface area contributed by atoms with E-state index in [2.05, 4.69) is 29.9 Å². The molecular formula is C7H13N3Se. The summed E-state index contributed by atoms with van der Waals surface area (Å²) in [5.41, 5.74) is 7.94. The molecule has 4 heteroatoms. The quantitative estimate of drug-likeness (QED) is 0.224. The van der Waals surface area contributed by atoms with Crippen molar-refractivity contribution < 1.29 is 0 Å².